The van der Waals surface area contributed by atoms with Gasteiger partial charge in [-0.05, 0) is 46.1 Å². The SMILES string of the molecule is CC1CC(NC(=O)C(C)OCC2CCCO2)CCN1.Cl. The van der Waals surface area contributed by atoms with E-state index in [2.05, 4.69) is 17.6 Å². The summed E-state index contributed by atoms with van der Waals surface area (Å²) in [6.07, 6.45) is 3.91. The molecule has 20 heavy (non-hydrogen) atoms. The molecule has 2 saturated heterocycles. The first-order chi connectivity index (χ1) is 9.15. The van der Waals surface area contributed by atoms with Crippen LogP contribution in [0.4, 0.5) is 0 Å². The fourth-order valence-electron chi connectivity index (χ4n) is 2.68. The van der Waals surface area contributed by atoms with Crippen LogP contribution >= 0.6 is 12.4 Å². The molecule has 5 nitrogen and oxygen atoms in total. The molecule has 0 aromatic rings. The van der Waals surface area contributed by atoms with E-state index in [1.807, 2.05) is 6.92 Å². The van der Waals surface area contributed by atoms with Crippen molar-refractivity contribution in [1.82, 2.24) is 10.6 Å². The van der Waals surface area contributed by atoms with Crippen molar-refractivity contribution in [2.45, 2.75) is 63.8 Å². The van der Waals surface area contributed by atoms with E-state index in [0.29, 0.717) is 12.6 Å². The van der Waals surface area contributed by atoms with Gasteiger partial charge in [0.05, 0.1) is 12.7 Å². The lowest BCUT2D eigenvalue weighted by Gasteiger charge is -2.29. The van der Waals surface area contributed by atoms with Crippen molar-refractivity contribution in [1.29, 1.82) is 0 Å². The summed E-state index contributed by atoms with van der Waals surface area (Å²) in [5, 5.41) is 6.46. The molecule has 2 heterocycles. The summed E-state index contributed by atoms with van der Waals surface area (Å²) in [5.41, 5.74) is 0. The standard InChI is InChI=1S/C14H26N2O3.ClH/c1-10-8-12(5-6-15-10)16-14(17)11(2)19-9-13-4-3-7-18-13;/h10-13,15H,3-9H2,1-2H3,(H,16,17);1H. The first kappa shape index (κ1) is 17.7. The summed E-state index contributed by atoms with van der Waals surface area (Å²) >= 11 is 0. The van der Waals surface area contributed by atoms with Crippen LogP contribution in [0.3, 0.4) is 0 Å². The van der Waals surface area contributed by atoms with Crippen LogP contribution in [0, 0.1) is 0 Å². The zero-order chi connectivity index (χ0) is 13.7. The highest BCUT2D eigenvalue weighted by Gasteiger charge is 2.24. The van der Waals surface area contributed by atoms with Crippen molar-refractivity contribution < 1.29 is 14.3 Å². The van der Waals surface area contributed by atoms with Gasteiger partial charge in [-0.1, -0.05) is 0 Å². The molecule has 2 aliphatic rings. The zero-order valence-corrected chi connectivity index (χ0v) is 13.2. The lowest BCUT2D eigenvalue weighted by atomic mass is 10.0. The molecule has 0 spiro atoms. The van der Waals surface area contributed by atoms with Gasteiger partial charge in [0.2, 0.25) is 5.91 Å². The number of piperidine rings is 1. The maximum Gasteiger partial charge on any atom is 0.249 e. The summed E-state index contributed by atoms with van der Waals surface area (Å²) in [7, 11) is 0. The van der Waals surface area contributed by atoms with E-state index in [4.69, 9.17) is 9.47 Å². The molecule has 118 valence electrons. The van der Waals surface area contributed by atoms with Crippen molar-refractivity contribution in [3.63, 3.8) is 0 Å². The topological polar surface area (TPSA) is 59.6 Å². The van der Waals surface area contributed by atoms with E-state index in [0.717, 1.165) is 38.8 Å². The number of carbonyl (C=O) groups is 1. The molecule has 0 radical (unpaired) electrons. The monoisotopic (exact) mass is 306 g/mol. The summed E-state index contributed by atoms with van der Waals surface area (Å²) in [6, 6.07) is 0.750. The summed E-state index contributed by atoms with van der Waals surface area (Å²) in [6.45, 7) is 6.28. The minimum absolute atomic E-state index is 0. The average molecular weight is 307 g/mol. The molecule has 2 aliphatic heterocycles. The largest absolute Gasteiger partial charge is 0.376 e. The molecular weight excluding hydrogens is 280 g/mol. The molecule has 6 heteroatoms. The van der Waals surface area contributed by atoms with E-state index < -0.39 is 6.10 Å². The van der Waals surface area contributed by atoms with Crippen LogP contribution in [0.2, 0.25) is 0 Å². The molecule has 0 aromatic carbocycles. The minimum Gasteiger partial charge on any atom is -0.376 e. The van der Waals surface area contributed by atoms with Crippen molar-refractivity contribution in [2.24, 2.45) is 0 Å². The van der Waals surface area contributed by atoms with Crippen LogP contribution < -0.4 is 10.6 Å². The third-order valence-electron chi connectivity index (χ3n) is 3.90. The lowest BCUT2D eigenvalue weighted by molar-refractivity contribution is -0.134. The Labute approximate surface area is 127 Å². The second kappa shape index (κ2) is 8.82. The second-order valence-electron chi connectivity index (χ2n) is 5.70. The van der Waals surface area contributed by atoms with Crippen LogP contribution in [-0.2, 0) is 14.3 Å². The molecule has 4 atom stereocenters. The van der Waals surface area contributed by atoms with E-state index >= 15 is 0 Å². The Morgan fingerprint density at radius 1 is 1.50 bits per heavy atom. The number of nitrogens with one attached hydrogen (secondary N) is 2. The number of hydrogen-bond acceptors (Lipinski definition) is 4. The van der Waals surface area contributed by atoms with Gasteiger partial charge < -0.3 is 20.1 Å². The molecule has 2 N–H and O–H groups in total. The van der Waals surface area contributed by atoms with Gasteiger partial charge in [0.1, 0.15) is 6.10 Å². The highest BCUT2D eigenvalue weighted by molar-refractivity contribution is 5.85. The molecule has 0 saturated carbocycles. The summed E-state index contributed by atoms with van der Waals surface area (Å²) < 4.78 is 11.1. The maximum absolute atomic E-state index is 12.0. The summed E-state index contributed by atoms with van der Waals surface area (Å²) in [5.74, 6) is -0.00269. The first-order valence-corrected chi connectivity index (χ1v) is 7.42. The quantitative estimate of drug-likeness (QED) is 0.802. The van der Waals surface area contributed by atoms with E-state index in [9.17, 15) is 4.79 Å². The van der Waals surface area contributed by atoms with Crippen LogP contribution in [0.15, 0.2) is 0 Å². The molecule has 2 fully saturated rings. The predicted molar refractivity (Wildman–Crippen MR) is 80.3 cm³/mol. The fourth-order valence-corrected chi connectivity index (χ4v) is 2.68. The van der Waals surface area contributed by atoms with Crippen molar-refractivity contribution >= 4 is 18.3 Å². The van der Waals surface area contributed by atoms with Gasteiger partial charge in [-0.15, -0.1) is 12.4 Å². The highest BCUT2D eigenvalue weighted by atomic mass is 35.5. The Balaban J connectivity index is 0.00000200. The van der Waals surface area contributed by atoms with Gasteiger partial charge in [0.15, 0.2) is 0 Å². The van der Waals surface area contributed by atoms with Crippen molar-refractivity contribution in [3.05, 3.63) is 0 Å². The Kier molecular flexibility index (Phi) is 7.80. The Hall–Kier alpha value is -0.360. The molecular formula is C14H27ClN2O3. The van der Waals surface area contributed by atoms with Gasteiger partial charge in [0, 0.05) is 18.7 Å². The maximum atomic E-state index is 12.0. The number of carbonyl (C=O) groups excluding carboxylic acids is 1. The number of halogens is 1. The minimum atomic E-state index is -0.394. The Morgan fingerprint density at radius 2 is 2.30 bits per heavy atom. The predicted octanol–water partition coefficient (Wildman–Crippen LogP) is 1.25. The van der Waals surface area contributed by atoms with Gasteiger partial charge in [-0.2, -0.15) is 0 Å². The normalized spacial score (nSPS) is 31.4. The lowest BCUT2D eigenvalue weighted by Crippen LogP contribution is -2.49. The van der Waals surface area contributed by atoms with E-state index in [1.165, 1.54) is 0 Å². The third kappa shape index (κ3) is 5.56. The van der Waals surface area contributed by atoms with Crippen molar-refractivity contribution in [3.8, 4) is 0 Å². The highest BCUT2D eigenvalue weighted by Crippen LogP contribution is 2.13. The fraction of sp³-hybridized carbons (Fsp3) is 0.929. The number of amides is 1. The van der Waals surface area contributed by atoms with Crippen LogP contribution in [-0.4, -0.2) is 50.0 Å². The molecule has 0 aliphatic carbocycles. The van der Waals surface area contributed by atoms with Crippen LogP contribution in [0.25, 0.3) is 0 Å². The third-order valence-corrected chi connectivity index (χ3v) is 3.90. The number of rotatable bonds is 5. The molecule has 2 rings (SSSR count). The van der Waals surface area contributed by atoms with Gasteiger partial charge in [-0.25, -0.2) is 0 Å². The smallest absolute Gasteiger partial charge is 0.249 e. The molecule has 1 amide bonds. The van der Waals surface area contributed by atoms with Gasteiger partial charge in [0.25, 0.3) is 0 Å². The zero-order valence-electron chi connectivity index (χ0n) is 12.4. The van der Waals surface area contributed by atoms with E-state index in [-0.39, 0.29) is 30.5 Å². The number of hydrogen-bond donors (Lipinski definition) is 2. The number of ether oxygens (including phenoxy) is 2. The van der Waals surface area contributed by atoms with Gasteiger partial charge >= 0.3 is 0 Å². The summed E-state index contributed by atoms with van der Waals surface area (Å²) in [4.78, 5) is 12.0. The molecule has 0 aromatic heterocycles. The van der Waals surface area contributed by atoms with E-state index in [1.54, 1.807) is 0 Å². The average Bonchev–Trinajstić information content (AvgIpc) is 2.89. The van der Waals surface area contributed by atoms with Crippen LogP contribution in [0.1, 0.15) is 39.5 Å². The molecule has 0 bridgehead atoms. The second-order valence-corrected chi connectivity index (χ2v) is 5.70. The first-order valence-electron chi connectivity index (χ1n) is 7.42. The van der Waals surface area contributed by atoms with Gasteiger partial charge in [-0.3, -0.25) is 4.79 Å². The van der Waals surface area contributed by atoms with Crippen molar-refractivity contribution in [2.75, 3.05) is 19.8 Å². The Bertz CT molecular complexity index is 298. The van der Waals surface area contributed by atoms with Crippen LogP contribution in [0.5, 0.6) is 0 Å². The Morgan fingerprint density at radius 3 is 2.95 bits per heavy atom. The molecule has 4 unspecified atom stereocenters.